The van der Waals surface area contributed by atoms with Crippen LogP contribution < -0.4 is 5.73 Å². The number of anilines is 1. The van der Waals surface area contributed by atoms with Gasteiger partial charge in [-0.15, -0.1) is 5.10 Å². The average Bonchev–Trinajstić information content (AvgIpc) is 2.49. The lowest BCUT2D eigenvalue weighted by atomic mass is 9.96. The van der Waals surface area contributed by atoms with E-state index in [9.17, 15) is 5.11 Å². The summed E-state index contributed by atoms with van der Waals surface area (Å²) in [6.45, 7) is 0. The molecule has 1 fully saturated rings. The van der Waals surface area contributed by atoms with Gasteiger partial charge in [-0.05, 0) is 12.8 Å². The lowest BCUT2D eigenvalue weighted by Crippen LogP contribution is -2.12. The molecule has 0 amide bonds. The molecular weight excluding hydrogens is 166 g/mol. The number of nitrogens with two attached hydrogens (primary N) is 1. The van der Waals surface area contributed by atoms with Crippen LogP contribution in [0.3, 0.4) is 0 Å². The van der Waals surface area contributed by atoms with E-state index in [1.807, 2.05) is 4.68 Å². The monoisotopic (exact) mass is 181 g/mol. The highest BCUT2D eigenvalue weighted by molar-refractivity contribution is 5.44. The topological polar surface area (TPSA) is 64.1 Å². The summed E-state index contributed by atoms with van der Waals surface area (Å²) in [5.41, 5.74) is 5.89. The quantitative estimate of drug-likeness (QED) is 0.692. The Bertz CT molecular complexity index is 270. The molecule has 0 aromatic carbocycles. The highest BCUT2D eigenvalue weighted by Crippen LogP contribution is 2.29. The molecule has 0 aliphatic heterocycles. The van der Waals surface area contributed by atoms with Crippen LogP contribution in [0.2, 0.25) is 0 Å². The summed E-state index contributed by atoms with van der Waals surface area (Å²) in [7, 11) is 0. The second-order valence-corrected chi connectivity index (χ2v) is 3.68. The second kappa shape index (κ2) is 3.28. The van der Waals surface area contributed by atoms with Crippen LogP contribution >= 0.6 is 0 Å². The van der Waals surface area contributed by atoms with Gasteiger partial charge in [0.05, 0.1) is 12.2 Å². The van der Waals surface area contributed by atoms with E-state index in [1.165, 1.54) is 19.3 Å². The van der Waals surface area contributed by atoms with Crippen LogP contribution in [-0.2, 0) is 0 Å². The van der Waals surface area contributed by atoms with E-state index in [0.29, 0.717) is 11.7 Å². The van der Waals surface area contributed by atoms with E-state index < -0.39 is 0 Å². The Labute approximate surface area is 77.4 Å². The molecule has 4 heteroatoms. The van der Waals surface area contributed by atoms with Crippen molar-refractivity contribution in [1.29, 1.82) is 0 Å². The van der Waals surface area contributed by atoms with Gasteiger partial charge in [-0.2, -0.15) is 0 Å². The molecule has 0 atom stereocenters. The Morgan fingerprint density at radius 1 is 1.38 bits per heavy atom. The summed E-state index contributed by atoms with van der Waals surface area (Å²) in [5.74, 6) is -0.0365. The first-order chi connectivity index (χ1) is 6.27. The molecule has 1 aromatic heterocycles. The fourth-order valence-corrected chi connectivity index (χ4v) is 1.93. The maximum Gasteiger partial charge on any atom is 0.253 e. The maximum absolute atomic E-state index is 9.21. The van der Waals surface area contributed by atoms with E-state index in [2.05, 4.69) is 5.10 Å². The molecule has 1 saturated carbocycles. The van der Waals surface area contributed by atoms with E-state index >= 15 is 0 Å². The molecule has 72 valence electrons. The molecule has 0 spiro atoms. The lowest BCUT2D eigenvalue weighted by molar-refractivity contribution is 0.320. The first kappa shape index (κ1) is 8.41. The molecule has 0 radical (unpaired) electrons. The Balaban J connectivity index is 2.14. The summed E-state index contributed by atoms with van der Waals surface area (Å²) >= 11 is 0. The Morgan fingerprint density at radius 3 is 2.62 bits per heavy atom. The van der Waals surface area contributed by atoms with Crippen LogP contribution in [0.25, 0.3) is 0 Å². The summed E-state index contributed by atoms with van der Waals surface area (Å²) in [4.78, 5) is 0. The highest BCUT2D eigenvalue weighted by Gasteiger charge is 2.17. The minimum absolute atomic E-state index is 0.0365. The van der Waals surface area contributed by atoms with Crippen LogP contribution in [0.5, 0.6) is 5.88 Å². The Kier molecular flexibility index (Phi) is 2.12. The molecule has 0 bridgehead atoms. The van der Waals surface area contributed by atoms with E-state index in [4.69, 9.17) is 5.73 Å². The smallest absolute Gasteiger partial charge is 0.253 e. The Hall–Kier alpha value is -1.19. The van der Waals surface area contributed by atoms with Crippen LogP contribution in [-0.4, -0.2) is 14.9 Å². The molecule has 3 N–H and O–H groups in total. The maximum atomic E-state index is 9.21. The van der Waals surface area contributed by atoms with Crippen LogP contribution in [0.15, 0.2) is 6.20 Å². The molecule has 4 nitrogen and oxygen atoms in total. The SMILES string of the molecule is Nc1cn(C2CCCCC2)nc1O. The largest absolute Gasteiger partial charge is 0.491 e. The number of aromatic nitrogens is 2. The van der Waals surface area contributed by atoms with Gasteiger partial charge in [0.15, 0.2) is 0 Å². The van der Waals surface area contributed by atoms with Crippen molar-refractivity contribution < 1.29 is 5.11 Å². The molecule has 1 heterocycles. The van der Waals surface area contributed by atoms with Crippen molar-refractivity contribution in [1.82, 2.24) is 9.78 Å². The van der Waals surface area contributed by atoms with Crippen molar-refractivity contribution in [3.8, 4) is 5.88 Å². The zero-order valence-electron chi connectivity index (χ0n) is 7.61. The molecule has 13 heavy (non-hydrogen) atoms. The fraction of sp³-hybridized carbons (Fsp3) is 0.667. The van der Waals surface area contributed by atoms with Crippen molar-refractivity contribution in [3.05, 3.63) is 6.20 Å². The number of hydrogen-bond acceptors (Lipinski definition) is 3. The predicted octanol–water partition coefficient (Wildman–Crippen LogP) is 1.68. The minimum atomic E-state index is -0.0365. The van der Waals surface area contributed by atoms with Crippen molar-refractivity contribution >= 4 is 5.69 Å². The van der Waals surface area contributed by atoms with Gasteiger partial charge in [0.1, 0.15) is 5.69 Å². The van der Waals surface area contributed by atoms with Crippen molar-refractivity contribution in [2.45, 2.75) is 38.1 Å². The molecule has 2 rings (SSSR count). The molecule has 0 unspecified atom stereocenters. The van der Waals surface area contributed by atoms with Gasteiger partial charge in [-0.1, -0.05) is 19.3 Å². The first-order valence-electron chi connectivity index (χ1n) is 4.81. The number of rotatable bonds is 1. The highest BCUT2D eigenvalue weighted by atomic mass is 16.3. The number of nitrogens with zero attached hydrogens (tertiary/aromatic N) is 2. The minimum Gasteiger partial charge on any atom is -0.491 e. The third-order valence-electron chi connectivity index (χ3n) is 2.69. The molecule has 1 aromatic rings. The van der Waals surface area contributed by atoms with Gasteiger partial charge in [-0.25, -0.2) is 0 Å². The first-order valence-corrected chi connectivity index (χ1v) is 4.81. The van der Waals surface area contributed by atoms with Crippen molar-refractivity contribution in [3.63, 3.8) is 0 Å². The Morgan fingerprint density at radius 2 is 2.08 bits per heavy atom. The average molecular weight is 181 g/mol. The van der Waals surface area contributed by atoms with E-state index in [0.717, 1.165) is 12.8 Å². The second-order valence-electron chi connectivity index (χ2n) is 3.68. The predicted molar refractivity (Wildman–Crippen MR) is 50.4 cm³/mol. The molecule has 0 saturated heterocycles. The zero-order chi connectivity index (χ0) is 9.26. The number of aromatic hydroxyl groups is 1. The summed E-state index contributed by atoms with van der Waals surface area (Å²) in [5, 5.41) is 13.2. The van der Waals surface area contributed by atoms with Gasteiger partial charge in [0, 0.05) is 0 Å². The summed E-state index contributed by atoms with van der Waals surface area (Å²) in [6.07, 6.45) is 7.86. The van der Waals surface area contributed by atoms with Crippen LogP contribution in [0, 0.1) is 0 Å². The van der Waals surface area contributed by atoms with Crippen molar-refractivity contribution in [2.75, 3.05) is 5.73 Å². The zero-order valence-corrected chi connectivity index (χ0v) is 7.61. The van der Waals surface area contributed by atoms with Crippen molar-refractivity contribution in [2.24, 2.45) is 0 Å². The van der Waals surface area contributed by atoms with Gasteiger partial charge >= 0.3 is 0 Å². The van der Waals surface area contributed by atoms with Gasteiger partial charge in [-0.3, -0.25) is 4.68 Å². The summed E-state index contributed by atoms with van der Waals surface area (Å²) < 4.78 is 1.81. The summed E-state index contributed by atoms with van der Waals surface area (Å²) in [6, 6.07) is 0.442. The fourth-order valence-electron chi connectivity index (χ4n) is 1.93. The lowest BCUT2D eigenvalue weighted by Gasteiger charge is -2.21. The number of nitrogen functional groups attached to an aromatic ring is 1. The standard InChI is InChI=1S/C9H15N3O/c10-8-6-12(11-9(8)13)7-4-2-1-3-5-7/h6-7H,1-5,10H2,(H,11,13). The normalized spacial score (nSPS) is 19.1. The third-order valence-corrected chi connectivity index (χ3v) is 2.69. The molecule has 1 aliphatic rings. The van der Waals surface area contributed by atoms with E-state index in [-0.39, 0.29) is 5.88 Å². The van der Waals surface area contributed by atoms with Crippen LogP contribution in [0.1, 0.15) is 38.1 Å². The molecule has 1 aliphatic carbocycles. The van der Waals surface area contributed by atoms with E-state index in [1.54, 1.807) is 6.20 Å². The molecular formula is C9H15N3O. The third kappa shape index (κ3) is 1.61. The van der Waals surface area contributed by atoms with Crippen LogP contribution in [0.4, 0.5) is 5.69 Å². The number of hydrogen-bond donors (Lipinski definition) is 2. The van der Waals surface area contributed by atoms with Gasteiger partial charge in [0.25, 0.3) is 5.88 Å². The van der Waals surface area contributed by atoms with Gasteiger partial charge < -0.3 is 10.8 Å². The van der Waals surface area contributed by atoms with Gasteiger partial charge in [0.2, 0.25) is 0 Å².